The van der Waals surface area contributed by atoms with Crippen molar-refractivity contribution in [1.82, 2.24) is 14.8 Å². The first kappa shape index (κ1) is 22.2. The maximum atomic E-state index is 13.4. The standard InChI is InChI=1S/C26H29N5O3/c1-29(2)11-5-8-25(32)30-12-13-34-24-10-9-19(15-22(24)30)28-26(33)23-17-27-16-20-14-18-6-3-4-7-21(18)31(20)23/h3-10,14-15,23,27H,11-13,16-17H2,1-2H3,(H,28,33). The third-order valence-corrected chi connectivity index (χ3v) is 6.17. The van der Waals surface area contributed by atoms with E-state index in [0.717, 1.165) is 23.1 Å². The Morgan fingerprint density at radius 3 is 2.91 bits per heavy atom. The number of anilines is 2. The van der Waals surface area contributed by atoms with Crippen LogP contribution < -0.4 is 20.3 Å². The lowest BCUT2D eigenvalue weighted by Crippen LogP contribution is -2.40. The first-order valence-corrected chi connectivity index (χ1v) is 11.5. The van der Waals surface area contributed by atoms with Gasteiger partial charge in [-0.1, -0.05) is 24.3 Å². The fraction of sp³-hybridized carbons (Fsp3) is 0.308. The number of amides is 2. The Hall–Kier alpha value is -3.62. The molecule has 2 N–H and O–H groups in total. The van der Waals surface area contributed by atoms with Gasteiger partial charge in [0.2, 0.25) is 5.91 Å². The predicted octanol–water partition coefficient (Wildman–Crippen LogP) is 2.77. The minimum Gasteiger partial charge on any atom is -0.490 e. The van der Waals surface area contributed by atoms with Crippen molar-refractivity contribution < 1.29 is 14.3 Å². The zero-order chi connectivity index (χ0) is 23.7. The zero-order valence-electron chi connectivity index (χ0n) is 19.5. The summed E-state index contributed by atoms with van der Waals surface area (Å²) >= 11 is 0. The normalized spacial score (nSPS) is 17.5. The van der Waals surface area contributed by atoms with Crippen LogP contribution in [-0.4, -0.2) is 61.6 Å². The zero-order valence-corrected chi connectivity index (χ0v) is 19.5. The number of fused-ring (bicyclic) bond motifs is 4. The minimum atomic E-state index is -0.373. The largest absolute Gasteiger partial charge is 0.490 e. The fourth-order valence-electron chi connectivity index (χ4n) is 4.58. The molecule has 0 bridgehead atoms. The van der Waals surface area contributed by atoms with Crippen molar-refractivity contribution in [2.45, 2.75) is 12.6 Å². The molecule has 8 heteroatoms. The van der Waals surface area contributed by atoms with Gasteiger partial charge in [0, 0.05) is 42.6 Å². The number of carbonyl (C=O) groups excluding carboxylic acids is 2. The highest BCUT2D eigenvalue weighted by molar-refractivity contribution is 6.04. The van der Waals surface area contributed by atoms with Gasteiger partial charge in [0.05, 0.1) is 12.2 Å². The summed E-state index contributed by atoms with van der Waals surface area (Å²) in [5, 5.41) is 7.54. The molecule has 2 aliphatic rings. The second-order valence-electron chi connectivity index (χ2n) is 8.89. The molecule has 1 unspecified atom stereocenters. The third-order valence-electron chi connectivity index (χ3n) is 6.17. The predicted molar refractivity (Wildman–Crippen MR) is 133 cm³/mol. The van der Waals surface area contributed by atoms with Crippen LogP contribution in [0.2, 0.25) is 0 Å². The van der Waals surface area contributed by atoms with E-state index in [9.17, 15) is 9.59 Å². The quantitative estimate of drug-likeness (QED) is 0.574. The smallest absolute Gasteiger partial charge is 0.250 e. The van der Waals surface area contributed by atoms with Crippen LogP contribution in [0, 0.1) is 0 Å². The molecule has 2 aromatic carbocycles. The lowest BCUT2D eigenvalue weighted by atomic mass is 10.1. The highest BCUT2D eigenvalue weighted by Crippen LogP contribution is 2.35. The van der Waals surface area contributed by atoms with Crippen molar-refractivity contribution in [3.8, 4) is 5.75 Å². The van der Waals surface area contributed by atoms with Gasteiger partial charge >= 0.3 is 0 Å². The first-order valence-electron chi connectivity index (χ1n) is 11.5. The van der Waals surface area contributed by atoms with Crippen LogP contribution in [0.25, 0.3) is 10.9 Å². The molecule has 2 aliphatic heterocycles. The van der Waals surface area contributed by atoms with Gasteiger partial charge in [0.15, 0.2) is 0 Å². The van der Waals surface area contributed by atoms with Crippen molar-refractivity contribution in [1.29, 1.82) is 0 Å². The monoisotopic (exact) mass is 459 g/mol. The summed E-state index contributed by atoms with van der Waals surface area (Å²) in [5.41, 5.74) is 3.44. The topological polar surface area (TPSA) is 78.8 Å². The van der Waals surface area contributed by atoms with Gasteiger partial charge in [-0.15, -0.1) is 0 Å². The Morgan fingerprint density at radius 2 is 2.06 bits per heavy atom. The molecule has 1 aromatic heterocycles. The van der Waals surface area contributed by atoms with E-state index < -0.39 is 0 Å². The molecule has 5 rings (SSSR count). The molecule has 0 aliphatic carbocycles. The Bertz CT molecular complexity index is 1260. The maximum Gasteiger partial charge on any atom is 0.250 e. The SMILES string of the molecule is CN(C)CC=CC(=O)N1CCOc2ccc(NC(=O)C3CNCc4cc5ccccc5n43)cc21. The van der Waals surface area contributed by atoms with Crippen LogP contribution >= 0.6 is 0 Å². The number of hydrogen-bond donors (Lipinski definition) is 2. The Balaban J connectivity index is 1.38. The van der Waals surface area contributed by atoms with Gasteiger partial charge < -0.3 is 29.7 Å². The summed E-state index contributed by atoms with van der Waals surface area (Å²) in [6.45, 7) is 2.86. The van der Waals surface area contributed by atoms with Gasteiger partial charge in [-0.05, 0) is 49.8 Å². The summed E-state index contributed by atoms with van der Waals surface area (Å²) in [6, 6.07) is 15.3. The molecule has 3 heterocycles. The molecule has 8 nitrogen and oxygen atoms in total. The van der Waals surface area contributed by atoms with E-state index in [1.54, 1.807) is 11.0 Å². The van der Waals surface area contributed by atoms with E-state index in [4.69, 9.17) is 4.74 Å². The molecule has 34 heavy (non-hydrogen) atoms. The van der Waals surface area contributed by atoms with Gasteiger partial charge in [-0.3, -0.25) is 9.59 Å². The molecule has 0 saturated heterocycles. The van der Waals surface area contributed by atoms with Gasteiger partial charge in [-0.25, -0.2) is 0 Å². The van der Waals surface area contributed by atoms with Crippen LogP contribution in [-0.2, 0) is 16.1 Å². The number of ether oxygens (including phenoxy) is 1. The number of nitrogens with zero attached hydrogens (tertiary/aromatic N) is 3. The van der Waals surface area contributed by atoms with E-state index in [0.29, 0.717) is 43.4 Å². The summed E-state index contributed by atoms with van der Waals surface area (Å²) in [7, 11) is 3.91. The van der Waals surface area contributed by atoms with E-state index in [2.05, 4.69) is 27.3 Å². The Morgan fingerprint density at radius 1 is 1.21 bits per heavy atom. The number of para-hydroxylation sites is 1. The van der Waals surface area contributed by atoms with Crippen LogP contribution in [0.4, 0.5) is 11.4 Å². The molecule has 0 radical (unpaired) electrons. The van der Waals surface area contributed by atoms with E-state index in [-0.39, 0.29) is 17.9 Å². The lowest BCUT2D eigenvalue weighted by Gasteiger charge is -2.30. The van der Waals surface area contributed by atoms with Crippen molar-refractivity contribution in [2.24, 2.45) is 0 Å². The molecule has 0 fully saturated rings. The lowest BCUT2D eigenvalue weighted by molar-refractivity contribution is -0.119. The number of carbonyl (C=O) groups is 2. The first-order chi connectivity index (χ1) is 16.5. The van der Waals surface area contributed by atoms with E-state index in [1.807, 2.05) is 61.5 Å². The number of hydrogen-bond acceptors (Lipinski definition) is 5. The van der Waals surface area contributed by atoms with Crippen LogP contribution in [0.3, 0.4) is 0 Å². The number of benzene rings is 2. The van der Waals surface area contributed by atoms with Crippen molar-refractivity contribution in [3.05, 3.63) is 66.4 Å². The average Bonchev–Trinajstić information content (AvgIpc) is 3.22. The fourth-order valence-corrected chi connectivity index (χ4v) is 4.58. The van der Waals surface area contributed by atoms with E-state index in [1.165, 1.54) is 0 Å². The highest BCUT2D eigenvalue weighted by atomic mass is 16.5. The maximum absolute atomic E-state index is 13.4. The third kappa shape index (κ3) is 4.30. The molecule has 0 spiro atoms. The van der Waals surface area contributed by atoms with Crippen molar-refractivity contribution in [3.63, 3.8) is 0 Å². The van der Waals surface area contributed by atoms with Gasteiger partial charge in [0.1, 0.15) is 18.4 Å². The van der Waals surface area contributed by atoms with Crippen LogP contribution in [0.5, 0.6) is 5.75 Å². The molecular weight excluding hydrogens is 430 g/mol. The number of nitrogens with one attached hydrogen (secondary N) is 2. The van der Waals surface area contributed by atoms with Gasteiger partial charge in [0.25, 0.3) is 5.91 Å². The molecule has 176 valence electrons. The summed E-state index contributed by atoms with van der Waals surface area (Å²) < 4.78 is 7.87. The molecule has 3 aromatic rings. The average molecular weight is 460 g/mol. The highest BCUT2D eigenvalue weighted by Gasteiger charge is 2.28. The minimum absolute atomic E-state index is 0.102. The van der Waals surface area contributed by atoms with Crippen molar-refractivity contribution >= 4 is 34.1 Å². The Kier molecular flexibility index (Phi) is 6.08. The van der Waals surface area contributed by atoms with E-state index >= 15 is 0 Å². The summed E-state index contributed by atoms with van der Waals surface area (Å²) in [5.74, 6) is 0.432. The second-order valence-corrected chi connectivity index (χ2v) is 8.89. The summed E-state index contributed by atoms with van der Waals surface area (Å²) in [6.07, 6.45) is 3.44. The molecule has 2 amide bonds. The van der Waals surface area contributed by atoms with Crippen LogP contribution in [0.15, 0.2) is 60.7 Å². The molecule has 1 atom stereocenters. The summed E-state index contributed by atoms with van der Waals surface area (Å²) in [4.78, 5) is 29.9. The number of rotatable bonds is 5. The molecular formula is C26H29N5O3. The van der Waals surface area contributed by atoms with Crippen LogP contribution in [0.1, 0.15) is 11.7 Å². The Labute approximate surface area is 198 Å². The molecule has 0 saturated carbocycles. The number of aromatic nitrogens is 1. The second kappa shape index (κ2) is 9.32. The van der Waals surface area contributed by atoms with Gasteiger partial charge in [-0.2, -0.15) is 0 Å². The van der Waals surface area contributed by atoms with Crippen molar-refractivity contribution in [2.75, 3.05) is 50.6 Å². The number of likely N-dealkylation sites (N-methyl/N-ethyl adjacent to an activating group) is 1.